The van der Waals surface area contributed by atoms with E-state index in [1.807, 2.05) is 54.6 Å². The minimum atomic E-state index is -0.163. The number of benzene rings is 3. The molecule has 1 aliphatic heterocycles. The Hall–Kier alpha value is -3.35. The van der Waals surface area contributed by atoms with Gasteiger partial charge in [-0.05, 0) is 30.2 Å². The number of rotatable bonds is 10. The van der Waals surface area contributed by atoms with Crippen LogP contribution in [0.2, 0.25) is 0 Å². The van der Waals surface area contributed by atoms with Crippen LogP contribution in [0.25, 0.3) is 0 Å². The second-order valence-electron chi connectivity index (χ2n) is 8.39. The maximum absolute atomic E-state index is 12.7. The largest absolute Gasteiger partial charge is 0.485 e. The van der Waals surface area contributed by atoms with Crippen LogP contribution in [0.4, 0.5) is 0 Å². The summed E-state index contributed by atoms with van der Waals surface area (Å²) in [5.74, 6) is 1.01. The highest BCUT2D eigenvalue weighted by molar-refractivity contribution is 5.77. The van der Waals surface area contributed by atoms with Crippen LogP contribution < -0.4 is 14.8 Å². The highest BCUT2D eigenvalue weighted by atomic mass is 16.5. The second kappa shape index (κ2) is 12.2. The quantitative estimate of drug-likeness (QED) is 0.493. The molecule has 0 bridgehead atoms. The first-order valence-electron chi connectivity index (χ1n) is 11.7. The van der Waals surface area contributed by atoms with Crippen LogP contribution in [0.15, 0.2) is 78.9 Å². The molecule has 0 saturated carbocycles. The molecule has 1 heterocycles. The van der Waals surface area contributed by atoms with Crippen molar-refractivity contribution in [3.8, 4) is 11.5 Å². The van der Waals surface area contributed by atoms with Gasteiger partial charge in [-0.2, -0.15) is 0 Å². The fraction of sp³-hybridized carbons (Fsp3) is 0.321. The molecule has 6 nitrogen and oxygen atoms in total. The third-order valence-electron chi connectivity index (χ3n) is 5.85. The number of nitrogens with zero attached hydrogens (tertiary/aromatic N) is 1. The Kier molecular flexibility index (Phi) is 8.54. The van der Waals surface area contributed by atoms with Crippen LogP contribution in [0.1, 0.15) is 22.7 Å². The Bertz CT molecular complexity index is 1050. The lowest BCUT2D eigenvalue weighted by atomic mass is 10.0. The Labute approximate surface area is 201 Å². The summed E-state index contributed by atoms with van der Waals surface area (Å²) < 4.78 is 17.3. The maximum atomic E-state index is 12.7. The van der Waals surface area contributed by atoms with Crippen molar-refractivity contribution in [1.29, 1.82) is 0 Å². The predicted molar refractivity (Wildman–Crippen MR) is 132 cm³/mol. The molecule has 1 saturated heterocycles. The molecule has 4 rings (SSSR count). The molecular formula is C28H32N2O4. The Morgan fingerprint density at radius 1 is 0.941 bits per heavy atom. The number of ether oxygens (including phenoxy) is 3. The van der Waals surface area contributed by atoms with Crippen molar-refractivity contribution in [1.82, 2.24) is 10.2 Å². The third kappa shape index (κ3) is 6.83. The minimum absolute atomic E-state index is 0.0740. The molecule has 1 amide bonds. The number of nitrogens with one attached hydrogen (secondary N) is 1. The van der Waals surface area contributed by atoms with Crippen molar-refractivity contribution in [3.63, 3.8) is 0 Å². The molecule has 1 atom stereocenters. The molecule has 1 unspecified atom stereocenters. The van der Waals surface area contributed by atoms with Crippen LogP contribution in [-0.4, -0.2) is 50.3 Å². The number of carbonyl (C=O) groups excluding carboxylic acids is 1. The number of hydrogen-bond acceptors (Lipinski definition) is 5. The summed E-state index contributed by atoms with van der Waals surface area (Å²) in [6, 6.07) is 25.9. The van der Waals surface area contributed by atoms with E-state index in [9.17, 15) is 4.79 Å². The van der Waals surface area contributed by atoms with Gasteiger partial charge >= 0.3 is 0 Å². The van der Waals surface area contributed by atoms with E-state index in [1.165, 1.54) is 11.1 Å². The van der Waals surface area contributed by atoms with E-state index in [0.717, 1.165) is 18.7 Å². The standard InChI is InChI=1S/C28H32N2O4/c1-22-8-7-11-24(18-22)25(30-14-16-32-17-15-30)19-29-28(31)21-34-27-13-6-5-12-26(27)33-20-23-9-3-2-4-10-23/h2-13,18,25H,14-17,19-21H2,1H3,(H,29,31). The lowest BCUT2D eigenvalue weighted by molar-refractivity contribution is -0.123. The first kappa shape index (κ1) is 23.8. The van der Waals surface area contributed by atoms with Crippen LogP contribution >= 0.6 is 0 Å². The molecular weight excluding hydrogens is 428 g/mol. The summed E-state index contributed by atoms with van der Waals surface area (Å²) in [5.41, 5.74) is 3.47. The number of aryl methyl sites for hydroxylation is 1. The van der Waals surface area contributed by atoms with Gasteiger partial charge in [0.1, 0.15) is 6.61 Å². The number of morpholine rings is 1. The Morgan fingerprint density at radius 3 is 2.38 bits per heavy atom. The van der Waals surface area contributed by atoms with Crippen molar-refractivity contribution in [2.24, 2.45) is 0 Å². The van der Waals surface area contributed by atoms with E-state index in [-0.39, 0.29) is 18.6 Å². The van der Waals surface area contributed by atoms with Gasteiger partial charge in [-0.3, -0.25) is 9.69 Å². The summed E-state index contributed by atoms with van der Waals surface area (Å²) in [4.78, 5) is 15.0. The SMILES string of the molecule is Cc1cccc(C(CNC(=O)COc2ccccc2OCc2ccccc2)N2CCOCC2)c1. The number of amides is 1. The van der Waals surface area contributed by atoms with Gasteiger partial charge in [-0.25, -0.2) is 0 Å². The third-order valence-corrected chi connectivity index (χ3v) is 5.85. The average Bonchev–Trinajstić information content (AvgIpc) is 2.88. The monoisotopic (exact) mass is 460 g/mol. The van der Waals surface area contributed by atoms with Gasteiger partial charge in [-0.1, -0.05) is 72.3 Å². The van der Waals surface area contributed by atoms with E-state index in [1.54, 1.807) is 0 Å². The molecule has 178 valence electrons. The molecule has 34 heavy (non-hydrogen) atoms. The van der Waals surface area contributed by atoms with Crippen molar-refractivity contribution in [2.45, 2.75) is 19.6 Å². The topological polar surface area (TPSA) is 60.0 Å². The normalized spacial score (nSPS) is 14.9. The molecule has 0 aliphatic carbocycles. The second-order valence-corrected chi connectivity index (χ2v) is 8.39. The van der Waals surface area contributed by atoms with E-state index in [2.05, 4.69) is 41.4 Å². The van der Waals surface area contributed by atoms with E-state index < -0.39 is 0 Å². The molecule has 3 aromatic carbocycles. The highest BCUT2D eigenvalue weighted by Crippen LogP contribution is 2.27. The van der Waals surface area contributed by atoms with Gasteiger partial charge in [0, 0.05) is 19.6 Å². The van der Waals surface area contributed by atoms with Gasteiger partial charge in [0.15, 0.2) is 18.1 Å². The van der Waals surface area contributed by atoms with Crippen molar-refractivity contribution in [3.05, 3.63) is 95.6 Å². The highest BCUT2D eigenvalue weighted by Gasteiger charge is 2.23. The first-order chi connectivity index (χ1) is 16.7. The van der Waals surface area contributed by atoms with E-state index in [0.29, 0.717) is 37.9 Å². The average molecular weight is 461 g/mol. The molecule has 0 radical (unpaired) electrons. The van der Waals surface area contributed by atoms with Gasteiger partial charge in [0.2, 0.25) is 0 Å². The van der Waals surface area contributed by atoms with Gasteiger partial charge in [0.25, 0.3) is 5.91 Å². The summed E-state index contributed by atoms with van der Waals surface area (Å²) in [5, 5.41) is 3.06. The van der Waals surface area contributed by atoms with Crippen molar-refractivity contribution < 1.29 is 19.0 Å². The first-order valence-corrected chi connectivity index (χ1v) is 11.7. The molecule has 0 aromatic heterocycles. The summed E-state index contributed by atoms with van der Waals surface area (Å²) in [7, 11) is 0. The zero-order chi connectivity index (χ0) is 23.6. The molecule has 1 fully saturated rings. The van der Waals surface area contributed by atoms with Crippen LogP contribution in [0.5, 0.6) is 11.5 Å². The van der Waals surface area contributed by atoms with Gasteiger partial charge in [-0.15, -0.1) is 0 Å². The van der Waals surface area contributed by atoms with E-state index in [4.69, 9.17) is 14.2 Å². The molecule has 0 spiro atoms. The zero-order valence-electron chi connectivity index (χ0n) is 19.6. The lowest BCUT2D eigenvalue weighted by Crippen LogP contribution is -2.44. The fourth-order valence-electron chi connectivity index (χ4n) is 4.05. The molecule has 6 heteroatoms. The number of carbonyl (C=O) groups is 1. The molecule has 3 aromatic rings. The van der Waals surface area contributed by atoms with Gasteiger partial charge < -0.3 is 19.5 Å². The Morgan fingerprint density at radius 2 is 1.65 bits per heavy atom. The minimum Gasteiger partial charge on any atom is -0.485 e. The smallest absolute Gasteiger partial charge is 0.258 e. The Balaban J connectivity index is 1.33. The predicted octanol–water partition coefficient (Wildman–Crippen LogP) is 4.14. The van der Waals surface area contributed by atoms with Crippen molar-refractivity contribution >= 4 is 5.91 Å². The summed E-state index contributed by atoms with van der Waals surface area (Å²) in [6.07, 6.45) is 0. The summed E-state index contributed by atoms with van der Waals surface area (Å²) in [6.45, 7) is 6.06. The van der Waals surface area contributed by atoms with E-state index >= 15 is 0 Å². The summed E-state index contributed by atoms with van der Waals surface area (Å²) >= 11 is 0. The van der Waals surface area contributed by atoms with Crippen molar-refractivity contribution in [2.75, 3.05) is 39.5 Å². The molecule has 1 N–H and O–H groups in total. The van der Waals surface area contributed by atoms with Crippen LogP contribution in [-0.2, 0) is 16.1 Å². The number of hydrogen-bond donors (Lipinski definition) is 1. The maximum Gasteiger partial charge on any atom is 0.258 e. The van der Waals surface area contributed by atoms with Gasteiger partial charge in [0.05, 0.1) is 19.3 Å². The number of para-hydroxylation sites is 2. The lowest BCUT2D eigenvalue weighted by Gasteiger charge is -2.35. The zero-order valence-corrected chi connectivity index (χ0v) is 19.6. The molecule has 1 aliphatic rings. The van der Waals surface area contributed by atoms with Crippen LogP contribution in [0, 0.1) is 6.92 Å². The van der Waals surface area contributed by atoms with Crippen LogP contribution in [0.3, 0.4) is 0 Å². The fourth-order valence-corrected chi connectivity index (χ4v) is 4.05.